The quantitative estimate of drug-likeness (QED) is 0.763. The van der Waals surface area contributed by atoms with E-state index in [1.54, 1.807) is 24.5 Å². The predicted molar refractivity (Wildman–Crippen MR) is 66.4 cm³/mol. The second-order valence-electron chi connectivity index (χ2n) is 3.85. The largest absolute Gasteiger partial charge is 0.378 e. The predicted octanol–water partition coefficient (Wildman–Crippen LogP) is 1.90. The molecule has 1 aromatic carbocycles. The fourth-order valence-corrected chi connectivity index (χ4v) is 1.51. The zero-order chi connectivity index (χ0) is 11.5. The van der Waals surface area contributed by atoms with Crippen LogP contribution in [0.25, 0.3) is 5.69 Å². The van der Waals surface area contributed by atoms with Gasteiger partial charge in [0.1, 0.15) is 0 Å². The fraction of sp³-hybridized carbons (Fsp3) is 0.154. The fourth-order valence-electron chi connectivity index (χ4n) is 1.51. The topological polar surface area (TPSA) is 25.2 Å². The second kappa shape index (κ2) is 4.23. The molecule has 16 heavy (non-hydrogen) atoms. The molecular formula is C13H14N2O. The molecule has 0 atom stereocenters. The van der Waals surface area contributed by atoms with E-state index in [4.69, 9.17) is 0 Å². The van der Waals surface area contributed by atoms with Gasteiger partial charge < -0.3 is 9.47 Å². The van der Waals surface area contributed by atoms with E-state index in [1.807, 2.05) is 42.9 Å². The second-order valence-corrected chi connectivity index (χ2v) is 3.85. The Morgan fingerprint density at radius 3 is 2.00 bits per heavy atom. The van der Waals surface area contributed by atoms with Crippen molar-refractivity contribution in [3.8, 4) is 5.69 Å². The van der Waals surface area contributed by atoms with Crippen molar-refractivity contribution >= 4 is 5.69 Å². The van der Waals surface area contributed by atoms with Gasteiger partial charge in [-0.15, -0.1) is 0 Å². The SMILES string of the molecule is CN(C)c1ccc(-n2ccc(=O)cc2)cc1. The number of nitrogens with zero attached hydrogens (tertiary/aromatic N) is 2. The first-order valence-corrected chi connectivity index (χ1v) is 5.13. The van der Waals surface area contributed by atoms with Crippen LogP contribution in [0.15, 0.2) is 53.6 Å². The molecule has 3 heteroatoms. The zero-order valence-corrected chi connectivity index (χ0v) is 9.42. The molecule has 0 radical (unpaired) electrons. The van der Waals surface area contributed by atoms with Crippen molar-refractivity contribution in [1.29, 1.82) is 0 Å². The summed E-state index contributed by atoms with van der Waals surface area (Å²) in [5.74, 6) is 0. The Balaban J connectivity index is 2.34. The van der Waals surface area contributed by atoms with Gasteiger partial charge in [0.2, 0.25) is 0 Å². The molecule has 0 N–H and O–H groups in total. The number of aromatic nitrogens is 1. The first-order valence-electron chi connectivity index (χ1n) is 5.13. The summed E-state index contributed by atoms with van der Waals surface area (Å²) in [7, 11) is 4.02. The van der Waals surface area contributed by atoms with Crippen molar-refractivity contribution < 1.29 is 0 Å². The average Bonchev–Trinajstić information content (AvgIpc) is 2.30. The number of anilines is 1. The van der Waals surface area contributed by atoms with E-state index in [-0.39, 0.29) is 5.43 Å². The number of pyridine rings is 1. The van der Waals surface area contributed by atoms with Crippen molar-refractivity contribution in [3.05, 3.63) is 59.0 Å². The minimum Gasteiger partial charge on any atom is -0.378 e. The first-order chi connectivity index (χ1) is 7.66. The first kappa shape index (κ1) is 10.5. The van der Waals surface area contributed by atoms with Crippen molar-refractivity contribution in [1.82, 2.24) is 4.57 Å². The van der Waals surface area contributed by atoms with Gasteiger partial charge in [0.25, 0.3) is 0 Å². The van der Waals surface area contributed by atoms with E-state index < -0.39 is 0 Å². The molecule has 0 unspecified atom stereocenters. The minimum absolute atomic E-state index is 0.0289. The molecule has 0 saturated heterocycles. The molecule has 2 rings (SSSR count). The standard InChI is InChI=1S/C13H14N2O/c1-14(2)11-3-5-12(6-4-11)15-9-7-13(16)8-10-15/h3-10H,1-2H3. The average molecular weight is 214 g/mol. The van der Waals surface area contributed by atoms with Crippen molar-refractivity contribution in [2.75, 3.05) is 19.0 Å². The van der Waals surface area contributed by atoms with Gasteiger partial charge in [-0.3, -0.25) is 4.79 Å². The lowest BCUT2D eigenvalue weighted by Crippen LogP contribution is -2.08. The Labute approximate surface area is 94.6 Å². The monoisotopic (exact) mass is 214 g/mol. The third kappa shape index (κ3) is 2.14. The van der Waals surface area contributed by atoms with Crippen LogP contribution < -0.4 is 10.3 Å². The normalized spacial score (nSPS) is 10.1. The van der Waals surface area contributed by atoms with Gasteiger partial charge >= 0.3 is 0 Å². The van der Waals surface area contributed by atoms with Gasteiger partial charge in [0.15, 0.2) is 5.43 Å². The van der Waals surface area contributed by atoms with E-state index in [0.29, 0.717) is 0 Å². The molecule has 1 aromatic heterocycles. The Kier molecular flexibility index (Phi) is 2.77. The lowest BCUT2D eigenvalue weighted by molar-refractivity contribution is 1.03. The molecule has 82 valence electrons. The summed E-state index contributed by atoms with van der Waals surface area (Å²) in [6.07, 6.45) is 3.54. The minimum atomic E-state index is 0.0289. The summed E-state index contributed by atoms with van der Waals surface area (Å²) < 4.78 is 1.92. The summed E-state index contributed by atoms with van der Waals surface area (Å²) in [5, 5.41) is 0. The third-order valence-electron chi connectivity index (χ3n) is 2.46. The number of hydrogen-bond donors (Lipinski definition) is 0. The van der Waals surface area contributed by atoms with Crippen LogP contribution in [0.5, 0.6) is 0 Å². The molecule has 0 aliphatic rings. The van der Waals surface area contributed by atoms with E-state index in [1.165, 1.54) is 0 Å². The Morgan fingerprint density at radius 2 is 1.50 bits per heavy atom. The number of rotatable bonds is 2. The van der Waals surface area contributed by atoms with Gasteiger partial charge in [-0.05, 0) is 24.3 Å². The van der Waals surface area contributed by atoms with Crippen molar-refractivity contribution in [3.63, 3.8) is 0 Å². The van der Waals surface area contributed by atoms with Gasteiger partial charge in [0.05, 0.1) is 0 Å². The van der Waals surface area contributed by atoms with Crippen LogP contribution in [0.1, 0.15) is 0 Å². The zero-order valence-electron chi connectivity index (χ0n) is 9.42. The molecular weight excluding hydrogens is 200 g/mol. The summed E-state index contributed by atoms with van der Waals surface area (Å²) in [6, 6.07) is 11.3. The molecule has 0 bridgehead atoms. The molecule has 0 amide bonds. The van der Waals surface area contributed by atoms with Crippen LogP contribution in [0.4, 0.5) is 5.69 Å². The maximum Gasteiger partial charge on any atom is 0.181 e. The summed E-state index contributed by atoms with van der Waals surface area (Å²) >= 11 is 0. The maximum absolute atomic E-state index is 11.0. The lowest BCUT2D eigenvalue weighted by atomic mass is 10.2. The highest BCUT2D eigenvalue weighted by Gasteiger charge is 1.96. The molecule has 0 spiro atoms. The summed E-state index contributed by atoms with van der Waals surface area (Å²) in [4.78, 5) is 13.0. The number of benzene rings is 1. The molecule has 2 aromatic rings. The van der Waals surface area contributed by atoms with Crippen LogP contribution in [0.2, 0.25) is 0 Å². The highest BCUT2D eigenvalue weighted by atomic mass is 16.1. The molecule has 3 nitrogen and oxygen atoms in total. The Hall–Kier alpha value is -2.03. The molecule has 0 aliphatic carbocycles. The van der Waals surface area contributed by atoms with Gasteiger partial charge in [-0.25, -0.2) is 0 Å². The maximum atomic E-state index is 11.0. The lowest BCUT2D eigenvalue weighted by Gasteiger charge is -2.13. The molecule has 0 fully saturated rings. The van der Waals surface area contributed by atoms with Crippen molar-refractivity contribution in [2.45, 2.75) is 0 Å². The van der Waals surface area contributed by atoms with Gasteiger partial charge in [0, 0.05) is 50.0 Å². The van der Waals surface area contributed by atoms with Crippen LogP contribution in [0, 0.1) is 0 Å². The summed E-state index contributed by atoms with van der Waals surface area (Å²) in [6.45, 7) is 0. The van der Waals surface area contributed by atoms with E-state index >= 15 is 0 Å². The van der Waals surface area contributed by atoms with E-state index in [9.17, 15) is 4.79 Å². The van der Waals surface area contributed by atoms with E-state index in [2.05, 4.69) is 4.90 Å². The highest BCUT2D eigenvalue weighted by Crippen LogP contribution is 2.14. The highest BCUT2D eigenvalue weighted by molar-refractivity contribution is 5.49. The van der Waals surface area contributed by atoms with Crippen LogP contribution in [-0.2, 0) is 0 Å². The van der Waals surface area contributed by atoms with Crippen molar-refractivity contribution in [2.24, 2.45) is 0 Å². The van der Waals surface area contributed by atoms with Crippen LogP contribution in [-0.4, -0.2) is 18.7 Å². The molecule has 0 aliphatic heterocycles. The van der Waals surface area contributed by atoms with Crippen LogP contribution in [0.3, 0.4) is 0 Å². The third-order valence-corrected chi connectivity index (χ3v) is 2.46. The van der Waals surface area contributed by atoms with Gasteiger partial charge in [-0.2, -0.15) is 0 Å². The summed E-state index contributed by atoms with van der Waals surface area (Å²) in [5.41, 5.74) is 2.23. The Morgan fingerprint density at radius 1 is 0.938 bits per heavy atom. The molecule has 1 heterocycles. The Bertz CT molecular complexity index is 506. The van der Waals surface area contributed by atoms with Gasteiger partial charge in [-0.1, -0.05) is 0 Å². The number of hydrogen-bond acceptors (Lipinski definition) is 2. The van der Waals surface area contributed by atoms with E-state index in [0.717, 1.165) is 11.4 Å². The smallest absolute Gasteiger partial charge is 0.181 e. The molecule has 0 saturated carbocycles. The van der Waals surface area contributed by atoms with Crippen LogP contribution >= 0.6 is 0 Å².